The van der Waals surface area contributed by atoms with Crippen LogP contribution in [-0.4, -0.2) is 57.8 Å². The zero-order valence-electron chi connectivity index (χ0n) is 10.4. The largest absolute Gasteiger partial charge is 0.480 e. The minimum atomic E-state index is -1.11. The number of carboxylic acid groups (broad SMARTS) is 1. The summed E-state index contributed by atoms with van der Waals surface area (Å²) in [6, 6.07) is 1.94. The molecule has 2 atom stereocenters. The van der Waals surface area contributed by atoms with Crippen LogP contribution in [0.2, 0.25) is 0 Å². The number of aromatic nitrogens is 1. The molecule has 1 aromatic heterocycles. The van der Waals surface area contributed by atoms with E-state index in [0.717, 1.165) is 0 Å². The summed E-state index contributed by atoms with van der Waals surface area (Å²) in [5.41, 5.74) is 0.568. The summed E-state index contributed by atoms with van der Waals surface area (Å²) in [6.45, 7) is 0.0282. The van der Waals surface area contributed by atoms with E-state index in [9.17, 15) is 14.7 Å². The van der Waals surface area contributed by atoms with Crippen molar-refractivity contribution in [1.82, 2.24) is 9.88 Å². The van der Waals surface area contributed by atoms with Crippen LogP contribution in [-0.2, 0) is 4.79 Å². The van der Waals surface area contributed by atoms with E-state index in [2.05, 4.69) is 4.98 Å². The molecule has 1 fully saturated rings. The molecule has 7 heteroatoms. The number of carbonyl (C=O) groups is 2. The molecule has 0 saturated carbocycles. The van der Waals surface area contributed by atoms with Gasteiger partial charge in [-0.3, -0.25) is 9.88 Å². The third-order valence-corrected chi connectivity index (χ3v) is 3.13. The second-order valence-corrected chi connectivity index (χ2v) is 4.45. The first-order chi connectivity index (χ1) is 9.00. The lowest BCUT2D eigenvalue weighted by atomic mass is 10.2. The molecule has 2 rings (SSSR count). The van der Waals surface area contributed by atoms with Crippen LogP contribution in [0.1, 0.15) is 6.42 Å². The SMILES string of the molecule is CN(C(=O)N1C[C@@H](O)C[C@H]1C(=O)O)c1cccnc1. The molecular formula is C12H15N3O4. The summed E-state index contributed by atoms with van der Waals surface area (Å²) in [5.74, 6) is -1.11. The molecule has 1 aromatic rings. The molecule has 0 unspecified atom stereocenters. The number of hydrogen-bond acceptors (Lipinski definition) is 4. The molecule has 0 aromatic carbocycles. The lowest BCUT2D eigenvalue weighted by Crippen LogP contribution is -2.47. The number of likely N-dealkylation sites (tertiary alicyclic amines) is 1. The van der Waals surface area contributed by atoms with Crippen LogP contribution in [0.5, 0.6) is 0 Å². The average Bonchev–Trinajstić information content (AvgIpc) is 2.80. The van der Waals surface area contributed by atoms with E-state index in [1.165, 1.54) is 16.0 Å². The Morgan fingerprint density at radius 1 is 1.53 bits per heavy atom. The van der Waals surface area contributed by atoms with Gasteiger partial charge in [0.25, 0.3) is 0 Å². The van der Waals surface area contributed by atoms with Gasteiger partial charge in [0.05, 0.1) is 18.0 Å². The highest BCUT2D eigenvalue weighted by molar-refractivity contribution is 5.94. The van der Waals surface area contributed by atoms with Gasteiger partial charge in [0.1, 0.15) is 6.04 Å². The maximum absolute atomic E-state index is 12.3. The monoisotopic (exact) mass is 265 g/mol. The second-order valence-electron chi connectivity index (χ2n) is 4.45. The van der Waals surface area contributed by atoms with Crippen molar-refractivity contribution in [2.24, 2.45) is 0 Å². The third-order valence-electron chi connectivity index (χ3n) is 3.13. The van der Waals surface area contributed by atoms with Gasteiger partial charge in [0.2, 0.25) is 0 Å². The molecule has 102 valence electrons. The highest BCUT2D eigenvalue weighted by Gasteiger charge is 2.40. The van der Waals surface area contributed by atoms with Crippen LogP contribution in [0, 0.1) is 0 Å². The van der Waals surface area contributed by atoms with Gasteiger partial charge in [-0.1, -0.05) is 0 Å². The molecule has 2 N–H and O–H groups in total. The van der Waals surface area contributed by atoms with Crippen molar-refractivity contribution < 1.29 is 19.8 Å². The first-order valence-corrected chi connectivity index (χ1v) is 5.86. The van der Waals surface area contributed by atoms with Gasteiger partial charge < -0.3 is 15.1 Å². The van der Waals surface area contributed by atoms with E-state index in [0.29, 0.717) is 5.69 Å². The van der Waals surface area contributed by atoms with E-state index in [-0.39, 0.29) is 13.0 Å². The number of aliphatic carboxylic acids is 1. The number of carbonyl (C=O) groups excluding carboxylic acids is 1. The maximum atomic E-state index is 12.3. The molecule has 0 bridgehead atoms. The Bertz CT molecular complexity index is 479. The predicted molar refractivity (Wildman–Crippen MR) is 66.8 cm³/mol. The third kappa shape index (κ3) is 2.65. The molecule has 0 radical (unpaired) electrons. The van der Waals surface area contributed by atoms with Gasteiger partial charge >= 0.3 is 12.0 Å². The van der Waals surface area contributed by atoms with E-state index < -0.39 is 24.1 Å². The molecular weight excluding hydrogens is 250 g/mol. The quantitative estimate of drug-likeness (QED) is 0.794. The fourth-order valence-electron chi connectivity index (χ4n) is 2.11. The number of aliphatic hydroxyl groups is 1. The Balaban J connectivity index is 2.17. The zero-order valence-corrected chi connectivity index (χ0v) is 10.4. The number of anilines is 1. The predicted octanol–water partition coefficient (Wildman–Crippen LogP) is 0.158. The number of urea groups is 1. The van der Waals surface area contributed by atoms with Crippen molar-refractivity contribution >= 4 is 17.7 Å². The van der Waals surface area contributed by atoms with Gasteiger partial charge in [-0.15, -0.1) is 0 Å². The Morgan fingerprint density at radius 2 is 2.26 bits per heavy atom. The number of aliphatic hydroxyl groups excluding tert-OH is 1. The molecule has 0 aliphatic carbocycles. The van der Waals surface area contributed by atoms with Crippen LogP contribution in [0.3, 0.4) is 0 Å². The van der Waals surface area contributed by atoms with Crippen molar-refractivity contribution in [1.29, 1.82) is 0 Å². The van der Waals surface area contributed by atoms with E-state index in [4.69, 9.17) is 5.11 Å². The first-order valence-electron chi connectivity index (χ1n) is 5.86. The Kier molecular flexibility index (Phi) is 3.66. The van der Waals surface area contributed by atoms with Crippen LogP contribution in [0.4, 0.5) is 10.5 Å². The fraction of sp³-hybridized carbons (Fsp3) is 0.417. The Morgan fingerprint density at radius 3 is 2.84 bits per heavy atom. The van der Waals surface area contributed by atoms with Crippen LogP contribution < -0.4 is 4.90 Å². The first kappa shape index (κ1) is 13.3. The molecule has 1 aliphatic rings. The van der Waals surface area contributed by atoms with Crippen molar-refractivity contribution in [3.8, 4) is 0 Å². The zero-order chi connectivity index (χ0) is 14.0. The Hall–Kier alpha value is -2.15. The van der Waals surface area contributed by atoms with E-state index >= 15 is 0 Å². The summed E-state index contributed by atoms with van der Waals surface area (Å²) in [4.78, 5) is 29.7. The standard InChI is InChI=1S/C12H15N3O4/c1-14(8-3-2-4-13-6-8)12(19)15-7-9(16)5-10(15)11(17)18/h2-4,6,9-10,16H,5,7H2,1H3,(H,17,18)/t9-,10-/m0/s1. The molecule has 1 saturated heterocycles. The molecule has 0 spiro atoms. The minimum absolute atomic E-state index is 0.0282. The highest BCUT2D eigenvalue weighted by atomic mass is 16.4. The average molecular weight is 265 g/mol. The van der Waals surface area contributed by atoms with Crippen LogP contribution >= 0.6 is 0 Å². The topological polar surface area (TPSA) is 94.0 Å². The fourth-order valence-corrected chi connectivity index (χ4v) is 2.11. The number of amides is 2. The van der Waals surface area contributed by atoms with Gasteiger partial charge in [-0.2, -0.15) is 0 Å². The normalized spacial score (nSPS) is 22.3. The summed E-state index contributed by atoms with van der Waals surface area (Å²) in [6.07, 6.45) is 2.36. The second kappa shape index (κ2) is 5.23. The highest BCUT2D eigenvalue weighted by Crippen LogP contribution is 2.21. The van der Waals surface area contributed by atoms with E-state index in [1.54, 1.807) is 25.4 Å². The molecule has 2 amide bonds. The maximum Gasteiger partial charge on any atom is 0.326 e. The summed E-state index contributed by atoms with van der Waals surface area (Å²) < 4.78 is 0. The minimum Gasteiger partial charge on any atom is -0.480 e. The molecule has 1 aliphatic heterocycles. The van der Waals surface area contributed by atoms with Crippen molar-refractivity contribution in [3.05, 3.63) is 24.5 Å². The van der Waals surface area contributed by atoms with Gasteiger partial charge in [-0.25, -0.2) is 9.59 Å². The van der Waals surface area contributed by atoms with Gasteiger partial charge in [-0.05, 0) is 12.1 Å². The van der Waals surface area contributed by atoms with Crippen LogP contribution in [0.25, 0.3) is 0 Å². The van der Waals surface area contributed by atoms with Crippen molar-refractivity contribution in [3.63, 3.8) is 0 Å². The Labute approximate surface area is 110 Å². The summed E-state index contributed by atoms with van der Waals surface area (Å²) in [7, 11) is 1.54. The van der Waals surface area contributed by atoms with Gasteiger partial charge in [0, 0.05) is 26.2 Å². The number of hydrogen-bond donors (Lipinski definition) is 2. The number of carboxylic acids is 1. The summed E-state index contributed by atoms with van der Waals surface area (Å²) >= 11 is 0. The number of nitrogens with zero attached hydrogens (tertiary/aromatic N) is 3. The van der Waals surface area contributed by atoms with Crippen molar-refractivity contribution in [2.75, 3.05) is 18.5 Å². The lowest BCUT2D eigenvalue weighted by Gasteiger charge is -2.27. The van der Waals surface area contributed by atoms with Gasteiger partial charge in [0.15, 0.2) is 0 Å². The number of β-amino-alcohol motifs (C(OH)–C–C–N with tert-alkyl or cyclic N) is 1. The number of pyridine rings is 1. The molecule has 2 heterocycles. The van der Waals surface area contributed by atoms with Crippen LogP contribution in [0.15, 0.2) is 24.5 Å². The lowest BCUT2D eigenvalue weighted by molar-refractivity contribution is -0.141. The molecule has 19 heavy (non-hydrogen) atoms. The van der Waals surface area contributed by atoms with E-state index in [1.807, 2.05) is 0 Å². The molecule has 7 nitrogen and oxygen atoms in total. The smallest absolute Gasteiger partial charge is 0.326 e. The summed E-state index contributed by atoms with van der Waals surface area (Å²) in [5, 5.41) is 18.6. The number of rotatable bonds is 2. The van der Waals surface area contributed by atoms with Crippen molar-refractivity contribution in [2.45, 2.75) is 18.6 Å².